The Morgan fingerprint density at radius 1 is 1.15 bits per heavy atom. The first-order chi connectivity index (χ1) is 12.6. The monoisotopic (exact) mass is 354 g/mol. The fraction of sp³-hybridized carbons (Fsp3) is 0.455. The van der Waals surface area contributed by atoms with E-state index in [1.807, 2.05) is 0 Å². The molecular formula is C22H30N2O2. The normalized spacial score (nSPS) is 15.5. The molecule has 1 atom stereocenters. The van der Waals surface area contributed by atoms with Crippen molar-refractivity contribution in [2.45, 2.75) is 39.5 Å². The predicted octanol–water partition coefficient (Wildman–Crippen LogP) is 2.82. The molecule has 26 heavy (non-hydrogen) atoms. The van der Waals surface area contributed by atoms with E-state index >= 15 is 0 Å². The summed E-state index contributed by atoms with van der Waals surface area (Å²) in [6.07, 6.45) is 0.710. The molecule has 1 unspecified atom stereocenters. The molecule has 2 N–H and O–H groups in total. The number of aliphatic hydroxyl groups is 1. The Bertz CT molecular complexity index is 722. The van der Waals surface area contributed by atoms with Gasteiger partial charge in [-0.1, -0.05) is 36.4 Å². The average Bonchev–Trinajstić information content (AvgIpc) is 2.61. The van der Waals surface area contributed by atoms with Crippen LogP contribution in [0.3, 0.4) is 0 Å². The number of ether oxygens (including phenoxy) is 1. The van der Waals surface area contributed by atoms with Crippen LogP contribution in [0, 0.1) is 13.8 Å². The van der Waals surface area contributed by atoms with Crippen molar-refractivity contribution in [3.63, 3.8) is 0 Å². The summed E-state index contributed by atoms with van der Waals surface area (Å²) in [7, 11) is 1.71. The fourth-order valence-corrected chi connectivity index (χ4v) is 3.92. The van der Waals surface area contributed by atoms with Gasteiger partial charge in [0.2, 0.25) is 0 Å². The van der Waals surface area contributed by atoms with Crippen molar-refractivity contribution in [3.05, 3.63) is 64.2 Å². The van der Waals surface area contributed by atoms with E-state index in [-0.39, 0.29) is 6.10 Å². The van der Waals surface area contributed by atoms with Gasteiger partial charge in [-0.05, 0) is 48.1 Å². The quantitative estimate of drug-likeness (QED) is 0.803. The Hall–Kier alpha value is -1.88. The molecule has 4 heteroatoms. The molecule has 140 valence electrons. The van der Waals surface area contributed by atoms with Crippen LogP contribution in [0.4, 0.5) is 0 Å². The molecule has 0 spiro atoms. The number of aryl methyl sites for hydroxylation is 2. The minimum atomic E-state index is -0.360. The molecular weight excluding hydrogens is 324 g/mol. The smallest absolute Gasteiger partial charge is 0.124 e. The van der Waals surface area contributed by atoms with E-state index in [4.69, 9.17) is 4.74 Å². The van der Waals surface area contributed by atoms with Crippen LogP contribution < -0.4 is 10.1 Å². The maximum absolute atomic E-state index is 10.4. The van der Waals surface area contributed by atoms with Gasteiger partial charge in [0.15, 0.2) is 0 Å². The van der Waals surface area contributed by atoms with E-state index in [2.05, 4.69) is 60.5 Å². The molecule has 2 aromatic rings. The summed E-state index contributed by atoms with van der Waals surface area (Å²) in [6, 6.07) is 12.9. The molecule has 4 nitrogen and oxygen atoms in total. The minimum absolute atomic E-state index is 0.360. The van der Waals surface area contributed by atoms with Crippen molar-refractivity contribution in [3.8, 4) is 5.75 Å². The molecule has 0 fully saturated rings. The lowest BCUT2D eigenvalue weighted by molar-refractivity contribution is 0.104. The lowest BCUT2D eigenvalue weighted by atomic mass is 10.00. The highest BCUT2D eigenvalue weighted by Crippen LogP contribution is 2.24. The van der Waals surface area contributed by atoms with E-state index < -0.39 is 0 Å². The third kappa shape index (κ3) is 4.64. The van der Waals surface area contributed by atoms with Crippen LogP contribution in [0.25, 0.3) is 0 Å². The Balaban J connectivity index is 1.46. The van der Waals surface area contributed by atoms with Gasteiger partial charge >= 0.3 is 0 Å². The molecule has 0 bridgehead atoms. The van der Waals surface area contributed by atoms with E-state index in [0.29, 0.717) is 13.1 Å². The Morgan fingerprint density at radius 3 is 2.54 bits per heavy atom. The van der Waals surface area contributed by atoms with Crippen LogP contribution in [-0.4, -0.2) is 42.9 Å². The predicted molar refractivity (Wildman–Crippen MR) is 106 cm³/mol. The molecule has 0 aliphatic carbocycles. The van der Waals surface area contributed by atoms with Crippen LogP contribution in [0.2, 0.25) is 0 Å². The van der Waals surface area contributed by atoms with Crippen LogP contribution in [-0.2, 0) is 19.5 Å². The second-order valence-electron chi connectivity index (χ2n) is 7.30. The third-order valence-corrected chi connectivity index (χ3v) is 5.11. The summed E-state index contributed by atoms with van der Waals surface area (Å²) >= 11 is 0. The van der Waals surface area contributed by atoms with Crippen LogP contribution in [0.15, 0.2) is 36.4 Å². The van der Waals surface area contributed by atoms with E-state index in [1.165, 1.54) is 16.7 Å². The van der Waals surface area contributed by atoms with E-state index in [9.17, 15) is 5.11 Å². The first kappa shape index (κ1) is 18.9. The maximum atomic E-state index is 10.4. The van der Waals surface area contributed by atoms with Gasteiger partial charge < -0.3 is 15.2 Å². The van der Waals surface area contributed by atoms with Crippen LogP contribution >= 0.6 is 0 Å². The van der Waals surface area contributed by atoms with Gasteiger partial charge in [0.25, 0.3) is 0 Å². The SMILES string of the molecule is COc1c(C)cc(CNCC(O)CN2CCc3ccccc3C2)cc1C. The van der Waals surface area contributed by atoms with Gasteiger partial charge in [-0.3, -0.25) is 4.90 Å². The van der Waals surface area contributed by atoms with Crippen molar-refractivity contribution in [1.82, 2.24) is 10.2 Å². The summed E-state index contributed by atoms with van der Waals surface area (Å²) in [4.78, 5) is 2.34. The van der Waals surface area contributed by atoms with Gasteiger partial charge in [-0.25, -0.2) is 0 Å². The zero-order valence-electron chi connectivity index (χ0n) is 16.1. The number of nitrogens with one attached hydrogen (secondary N) is 1. The van der Waals surface area contributed by atoms with Crippen LogP contribution in [0.1, 0.15) is 27.8 Å². The summed E-state index contributed by atoms with van der Waals surface area (Å²) < 4.78 is 5.42. The highest BCUT2D eigenvalue weighted by molar-refractivity contribution is 5.43. The van der Waals surface area contributed by atoms with Gasteiger partial charge in [0.1, 0.15) is 5.75 Å². The lowest BCUT2D eigenvalue weighted by Crippen LogP contribution is -2.40. The van der Waals surface area contributed by atoms with Crippen molar-refractivity contribution in [2.24, 2.45) is 0 Å². The van der Waals surface area contributed by atoms with Crippen LogP contribution in [0.5, 0.6) is 5.75 Å². The summed E-state index contributed by atoms with van der Waals surface area (Å²) in [5.41, 5.74) is 6.36. The fourth-order valence-electron chi connectivity index (χ4n) is 3.92. The molecule has 3 rings (SSSR count). The largest absolute Gasteiger partial charge is 0.496 e. The van der Waals surface area contributed by atoms with E-state index in [0.717, 1.165) is 42.9 Å². The molecule has 1 aliphatic heterocycles. The summed E-state index contributed by atoms with van der Waals surface area (Å²) in [6.45, 7) is 8.15. The zero-order chi connectivity index (χ0) is 18.5. The number of β-amino-alcohol motifs (C(OH)–C–C–N with tert-alkyl or cyclic N) is 1. The standard InChI is InChI=1S/C22H30N2O2/c1-16-10-18(11-17(2)22(16)26-3)12-23-13-21(25)15-24-9-8-19-6-4-5-7-20(19)14-24/h4-7,10-11,21,23,25H,8-9,12-15H2,1-3H3. The summed E-state index contributed by atoms with van der Waals surface area (Å²) in [5.74, 6) is 0.958. The Morgan fingerprint density at radius 2 is 1.85 bits per heavy atom. The van der Waals surface area contributed by atoms with Gasteiger partial charge in [0.05, 0.1) is 13.2 Å². The maximum Gasteiger partial charge on any atom is 0.124 e. The molecule has 0 saturated heterocycles. The number of aliphatic hydroxyl groups excluding tert-OH is 1. The Labute approximate surface area is 156 Å². The number of rotatable bonds is 7. The minimum Gasteiger partial charge on any atom is -0.496 e. The van der Waals surface area contributed by atoms with Gasteiger partial charge in [0, 0.05) is 32.7 Å². The highest BCUT2D eigenvalue weighted by Gasteiger charge is 2.18. The third-order valence-electron chi connectivity index (χ3n) is 5.11. The topological polar surface area (TPSA) is 44.7 Å². The zero-order valence-corrected chi connectivity index (χ0v) is 16.1. The van der Waals surface area contributed by atoms with Gasteiger partial charge in [-0.2, -0.15) is 0 Å². The molecule has 1 heterocycles. The summed E-state index contributed by atoms with van der Waals surface area (Å²) in [5, 5.41) is 13.8. The van der Waals surface area contributed by atoms with Crippen molar-refractivity contribution in [1.29, 1.82) is 0 Å². The number of hydrogen-bond acceptors (Lipinski definition) is 4. The highest BCUT2D eigenvalue weighted by atomic mass is 16.5. The second-order valence-corrected chi connectivity index (χ2v) is 7.30. The molecule has 0 aromatic heterocycles. The van der Waals surface area contributed by atoms with Crippen molar-refractivity contribution >= 4 is 0 Å². The molecule has 0 radical (unpaired) electrons. The number of fused-ring (bicyclic) bond motifs is 1. The van der Waals surface area contributed by atoms with Gasteiger partial charge in [-0.15, -0.1) is 0 Å². The van der Waals surface area contributed by atoms with E-state index in [1.54, 1.807) is 7.11 Å². The number of nitrogens with zero attached hydrogens (tertiary/aromatic N) is 1. The number of benzene rings is 2. The second kappa shape index (κ2) is 8.67. The first-order valence-electron chi connectivity index (χ1n) is 9.39. The van der Waals surface area contributed by atoms with Crippen molar-refractivity contribution in [2.75, 3.05) is 26.7 Å². The molecule has 2 aromatic carbocycles. The molecule has 0 amide bonds. The molecule has 1 aliphatic rings. The molecule has 0 saturated carbocycles. The van der Waals surface area contributed by atoms with Crippen molar-refractivity contribution < 1.29 is 9.84 Å². The number of hydrogen-bond donors (Lipinski definition) is 2. The average molecular weight is 354 g/mol. The lowest BCUT2D eigenvalue weighted by Gasteiger charge is -2.30. The number of methoxy groups -OCH3 is 1. The Kier molecular flexibility index (Phi) is 6.30. The first-order valence-corrected chi connectivity index (χ1v) is 9.39.